The topological polar surface area (TPSA) is 81.6 Å². The standard InChI is InChI=1S/C17H11FN2O3S/c18-12-7-3-1-5-10(12)9-14-15(21)20-17(24-14)19-13-8-4-2-6-11(13)16(22)23/h1-9H,(H,22,23)(H,19,20,21)/p-1/b14-9-. The number of aliphatic imine (C=N–C) groups is 1. The van der Waals surface area contributed by atoms with Crippen LogP contribution in [0.15, 0.2) is 58.4 Å². The van der Waals surface area contributed by atoms with Gasteiger partial charge in [-0.25, -0.2) is 9.38 Å². The SMILES string of the molecule is O=C1NC(=Nc2ccccc2C(=O)[O-])S/C1=C\c1ccccc1F. The van der Waals surface area contributed by atoms with Gasteiger partial charge in [-0.05, 0) is 30.0 Å². The predicted molar refractivity (Wildman–Crippen MR) is 88.0 cm³/mol. The molecule has 7 heteroatoms. The van der Waals surface area contributed by atoms with Crippen LogP contribution in [0.25, 0.3) is 6.08 Å². The molecule has 120 valence electrons. The van der Waals surface area contributed by atoms with Gasteiger partial charge in [0.05, 0.1) is 16.6 Å². The van der Waals surface area contributed by atoms with Crippen molar-refractivity contribution in [3.63, 3.8) is 0 Å². The van der Waals surface area contributed by atoms with Crippen LogP contribution in [0, 0.1) is 5.82 Å². The van der Waals surface area contributed by atoms with E-state index in [9.17, 15) is 19.1 Å². The van der Waals surface area contributed by atoms with Crippen molar-refractivity contribution in [2.45, 2.75) is 0 Å². The van der Waals surface area contributed by atoms with Crippen molar-refractivity contribution >= 4 is 40.6 Å². The molecule has 0 spiro atoms. The first kappa shape index (κ1) is 15.9. The van der Waals surface area contributed by atoms with Gasteiger partial charge in [-0.3, -0.25) is 4.79 Å². The van der Waals surface area contributed by atoms with Crippen LogP contribution in [0.2, 0.25) is 0 Å². The average molecular weight is 341 g/mol. The van der Waals surface area contributed by atoms with E-state index < -0.39 is 17.7 Å². The fourth-order valence-corrected chi connectivity index (χ4v) is 2.89. The molecule has 0 aromatic heterocycles. The Morgan fingerprint density at radius 3 is 2.62 bits per heavy atom. The quantitative estimate of drug-likeness (QED) is 0.867. The van der Waals surface area contributed by atoms with Gasteiger partial charge in [0.25, 0.3) is 5.91 Å². The summed E-state index contributed by atoms with van der Waals surface area (Å²) in [5.41, 5.74) is 0.380. The molecule has 0 unspecified atom stereocenters. The van der Waals surface area contributed by atoms with E-state index in [1.165, 1.54) is 24.3 Å². The number of hydrogen-bond donors (Lipinski definition) is 1. The zero-order valence-electron chi connectivity index (χ0n) is 12.2. The summed E-state index contributed by atoms with van der Waals surface area (Å²) in [7, 11) is 0. The average Bonchev–Trinajstić information content (AvgIpc) is 2.89. The molecule has 0 saturated carbocycles. The molecule has 1 N–H and O–H groups in total. The highest BCUT2D eigenvalue weighted by Crippen LogP contribution is 2.29. The molecule has 24 heavy (non-hydrogen) atoms. The van der Waals surface area contributed by atoms with E-state index in [1.54, 1.807) is 30.3 Å². The molecule has 1 saturated heterocycles. The number of rotatable bonds is 3. The largest absolute Gasteiger partial charge is 0.545 e. The van der Waals surface area contributed by atoms with Crippen molar-refractivity contribution in [1.82, 2.24) is 5.32 Å². The van der Waals surface area contributed by atoms with Crippen LogP contribution in [-0.4, -0.2) is 17.0 Å². The maximum absolute atomic E-state index is 13.7. The van der Waals surface area contributed by atoms with Crippen LogP contribution >= 0.6 is 11.8 Å². The summed E-state index contributed by atoms with van der Waals surface area (Å²) >= 11 is 1.01. The first-order valence-corrected chi connectivity index (χ1v) is 7.71. The van der Waals surface area contributed by atoms with E-state index in [0.717, 1.165) is 11.8 Å². The van der Waals surface area contributed by atoms with Crippen LogP contribution in [0.1, 0.15) is 15.9 Å². The van der Waals surface area contributed by atoms with Crippen molar-refractivity contribution in [1.29, 1.82) is 0 Å². The van der Waals surface area contributed by atoms with Crippen molar-refractivity contribution < 1.29 is 19.1 Å². The molecule has 1 aliphatic heterocycles. The molecule has 3 rings (SSSR count). The lowest BCUT2D eigenvalue weighted by molar-refractivity contribution is -0.254. The van der Waals surface area contributed by atoms with E-state index in [-0.39, 0.29) is 26.9 Å². The van der Waals surface area contributed by atoms with Gasteiger partial charge in [0.2, 0.25) is 0 Å². The molecule has 1 heterocycles. The molecule has 1 amide bonds. The Kier molecular flexibility index (Phi) is 4.43. The molecule has 2 aromatic rings. The van der Waals surface area contributed by atoms with Crippen molar-refractivity contribution in [2.75, 3.05) is 0 Å². The maximum atomic E-state index is 13.7. The normalized spacial score (nSPS) is 17.3. The number of amides is 1. The Morgan fingerprint density at radius 1 is 1.17 bits per heavy atom. The molecule has 0 aliphatic carbocycles. The molecule has 0 atom stereocenters. The molecule has 5 nitrogen and oxygen atoms in total. The van der Waals surface area contributed by atoms with Crippen molar-refractivity contribution in [2.24, 2.45) is 4.99 Å². The fraction of sp³-hybridized carbons (Fsp3) is 0. The minimum absolute atomic E-state index is 0.0774. The Bertz CT molecular complexity index is 893. The molecular formula is C17H10FN2O3S-. The number of aromatic carboxylic acids is 1. The van der Waals surface area contributed by atoms with E-state index >= 15 is 0 Å². The number of benzene rings is 2. The third kappa shape index (κ3) is 3.36. The van der Waals surface area contributed by atoms with Crippen LogP contribution in [0.5, 0.6) is 0 Å². The molecule has 0 bridgehead atoms. The van der Waals surface area contributed by atoms with E-state index in [1.807, 2.05) is 0 Å². The number of amidine groups is 1. The zero-order chi connectivity index (χ0) is 17.1. The number of nitrogens with one attached hydrogen (secondary N) is 1. The number of carboxylic acid groups (broad SMARTS) is 1. The second-order valence-electron chi connectivity index (χ2n) is 4.81. The van der Waals surface area contributed by atoms with Crippen LogP contribution < -0.4 is 10.4 Å². The Labute approximate surface area is 140 Å². The number of halogens is 1. The highest BCUT2D eigenvalue weighted by molar-refractivity contribution is 8.18. The summed E-state index contributed by atoms with van der Waals surface area (Å²) < 4.78 is 13.7. The Morgan fingerprint density at radius 2 is 1.88 bits per heavy atom. The second kappa shape index (κ2) is 6.67. The molecule has 1 aliphatic rings. The smallest absolute Gasteiger partial charge is 0.264 e. The van der Waals surface area contributed by atoms with Gasteiger partial charge < -0.3 is 15.2 Å². The first-order chi connectivity index (χ1) is 11.5. The Balaban J connectivity index is 1.91. The minimum Gasteiger partial charge on any atom is -0.545 e. The Hall–Kier alpha value is -2.93. The number of carbonyl (C=O) groups is 2. The first-order valence-electron chi connectivity index (χ1n) is 6.89. The van der Waals surface area contributed by atoms with E-state index in [2.05, 4.69) is 10.3 Å². The van der Waals surface area contributed by atoms with Crippen LogP contribution in [-0.2, 0) is 4.79 Å². The number of carbonyl (C=O) groups excluding carboxylic acids is 2. The van der Waals surface area contributed by atoms with Crippen LogP contribution in [0.4, 0.5) is 10.1 Å². The highest BCUT2D eigenvalue weighted by Gasteiger charge is 2.24. The molecule has 1 fully saturated rings. The molecule has 0 radical (unpaired) electrons. The van der Waals surface area contributed by atoms with Crippen molar-refractivity contribution in [3.05, 3.63) is 70.4 Å². The summed E-state index contributed by atoms with van der Waals surface area (Å²) in [5.74, 6) is -2.22. The third-order valence-electron chi connectivity index (χ3n) is 3.19. The monoisotopic (exact) mass is 341 g/mol. The van der Waals surface area contributed by atoms with Gasteiger partial charge in [-0.1, -0.05) is 36.4 Å². The van der Waals surface area contributed by atoms with Gasteiger partial charge in [-0.2, -0.15) is 0 Å². The van der Waals surface area contributed by atoms with Gasteiger partial charge in [0.1, 0.15) is 5.82 Å². The summed E-state index contributed by atoms with van der Waals surface area (Å²) in [4.78, 5) is 27.5. The van der Waals surface area contributed by atoms with Gasteiger partial charge in [-0.15, -0.1) is 0 Å². The summed E-state index contributed by atoms with van der Waals surface area (Å²) in [6.45, 7) is 0. The lowest BCUT2D eigenvalue weighted by Gasteiger charge is -2.06. The zero-order valence-corrected chi connectivity index (χ0v) is 13.0. The number of carboxylic acids is 1. The fourth-order valence-electron chi connectivity index (χ4n) is 2.07. The summed E-state index contributed by atoms with van der Waals surface area (Å²) in [6, 6.07) is 12.1. The van der Waals surface area contributed by atoms with Gasteiger partial charge in [0.15, 0.2) is 5.17 Å². The number of hydrogen-bond acceptors (Lipinski definition) is 5. The highest BCUT2D eigenvalue weighted by atomic mass is 32.2. The molecular weight excluding hydrogens is 331 g/mol. The number of para-hydroxylation sites is 1. The van der Waals surface area contributed by atoms with Crippen LogP contribution in [0.3, 0.4) is 0 Å². The van der Waals surface area contributed by atoms with E-state index in [0.29, 0.717) is 0 Å². The minimum atomic E-state index is -1.36. The summed E-state index contributed by atoms with van der Waals surface area (Å²) in [6.07, 6.45) is 1.42. The van der Waals surface area contributed by atoms with E-state index in [4.69, 9.17) is 0 Å². The summed E-state index contributed by atoms with van der Waals surface area (Å²) in [5, 5.41) is 13.8. The number of nitrogens with zero attached hydrogens (tertiary/aromatic N) is 1. The van der Waals surface area contributed by atoms with Gasteiger partial charge in [0, 0.05) is 11.1 Å². The maximum Gasteiger partial charge on any atom is 0.264 e. The lowest BCUT2D eigenvalue weighted by Crippen LogP contribution is -2.23. The van der Waals surface area contributed by atoms with Crippen molar-refractivity contribution in [3.8, 4) is 0 Å². The molecule has 2 aromatic carbocycles. The third-order valence-corrected chi connectivity index (χ3v) is 4.10. The second-order valence-corrected chi connectivity index (χ2v) is 5.84. The van der Waals surface area contributed by atoms with Gasteiger partial charge >= 0.3 is 0 Å². The predicted octanol–water partition coefficient (Wildman–Crippen LogP) is 2.08. The lowest BCUT2D eigenvalue weighted by atomic mass is 10.2. The number of thioether (sulfide) groups is 1.